The molecule has 0 atom stereocenters. The summed E-state index contributed by atoms with van der Waals surface area (Å²) in [5, 5.41) is 3.25. The number of anilines is 2. The Morgan fingerprint density at radius 1 is 1.03 bits per heavy atom. The molecule has 0 radical (unpaired) electrons. The number of aromatic nitrogens is 2. The third kappa shape index (κ3) is 5.68. The standard InChI is InChI=1S/C24H25N3O3/c1-4-13-29-17-19-15-20(9-10-23(19)28-3)26-24-25-12-11-22(27-24)18-7-6-8-21(16-18)30-14-5-2/h4-12,15-16H,1-2,13-14,17H2,3H3,(H,25,26,27). The van der Waals surface area contributed by atoms with Gasteiger partial charge in [-0.05, 0) is 36.4 Å². The molecule has 3 aromatic rings. The van der Waals surface area contributed by atoms with E-state index in [0.29, 0.717) is 25.8 Å². The van der Waals surface area contributed by atoms with E-state index < -0.39 is 0 Å². The lowest BCUT2D eigenvalue weighted by Gasteiger charge is -2.12. The van der Waals surface area contributed by atoms with E-state index in [1.165, 1.54) is 0 Å². The predicted molar refractivity (Wildman–Crippen MR) is 119 cm³/mol. The van der Waals surface area contributed by atoms with Gasteiger partial charge in [0.25, 0.3) is 0 Å². The van der Waals surface area contributed by atoms with E-state index in [0.717, 1.165) is 34.0 Å². The van der Waals surface area contributed by atoms with Crippen molar-refractivity contribution in [1.82, 2.24) is 9.97 Å². The second-order valence-electron chi connectivity index (χ2n) is 6.35. The Morgan fingerprint density at radius 3 is 2.70 bits per heavy atom. The van der Waals surface area contributed by atoms with Crippen LogP contribution in [0.4, 0.5) is 11.6 Å². The Labute approximate surface area is 176 Å². The molecule has 1 aromatic heterocycles. The molecule has 0 spiro atoms. The molecular weight excluding hydrogens is 378 g/mol. The summed E-state index contributed by atoms with van der Waals surface area (Å²) in [7, 11) is 1.64. The molecule has 0 fully saturated rings. The molecule has 1 N–H and O–H groups in total. The van der Waals surface area contributed by atoms with E-state index in [2.05, 4.69) is 28.4 Å². The topological polar surface area (TPSA) is 65.5 Å². The van der Waals surface area contributed by atoms with Crippen molar-refractivity contribution >= 4 is 11.6 Å². The lowest BCUT2D eigenvalue weighted by atomic mass is 10.1. The zero-order valence-corrected chi connectivity index (χ0v) is 17.0. The van der Waals surface area contributed by atoms with Gasteiger partial charge in [-0.15, -0.1) is 6.58 Å². The van der Waals surface area contributed by atoms with Crippen molar-refractivity contribution in [2.45, 2.75) is 6.61 Å². The van der Waals surface area contributed by atoms with Crippen molar-refractivity contribution in [2.75, 3.05) is 25.6 Å². The first-order chi connectivity index (χ1) is 14.7. The normalized spacial score (nSPS) is 10.3. The molecule has 2 aromatic carbocycles. The summed E-state index contributed by atoms with van der Waals surface area (Å²) in [6.07, 6.45) is 5.15. The zero-order chi connectivity index (χ0) is 21.2. The van der Waals surface area contributed by atoms with Gasteiger partial charge in [-0.25, -0.2) is 9.97 Å². The lowest BCUT2D eigenvalue weighted by molar-refractivity contribution is 0.146. The van der Waals surface area contributed by atoms with Crippen LogP contribution in [0.1, 0.15) is 5.56 Å². The number of benzene rings is 2. The minimum absolute atomic E-state index is 0.420. The number of rotatable bonds is 11. The first-order valence-electron chi connectivity index (χ1n) is 9.53. The molecule has 0 bridgehead atoms. The smallest absolute Gasteiger partial charge is 0.227 e. The second kappa shape index (κ2) is 10.8. The van der Waals surface area contributed by atoms with Crippen LogP contribution in [0.25, 0.3) is 11.3 Å². The summed E-state index contributed by atoms with van der Waals surface area (Å²) in [5.41, 5.74) is 3.50. The van der Waals surface area contributed by atoms with Crippen molar-refractivity contribution < 1.29 is 14.2 Å². The van der Waals surface area contributed by atoms with Crippen LogP contribution in [-0.2, 0) is 11.3 Å². The van der Waals surface area contributed by atoms with Crippen LogP contribution < -0.4 is 14.8 Å². The monoisotopic (exact) mass is 403 g/mol. The summed E-state index contributed by atoms with van der Waals surface area (Å²) in [6, 6.07) is 15.4. The Kier molecular flexibility index (Phi) is 7.58. The molecular formula is C24H25N3O3. The molecule has 0 aliphatic heterocycles. The highest BCUT2D eigenvalue weighted by Crippen LogP contribution is 2.26. The number of ether oxygens (including phenoxy) is 3. The third-order valence-electron chi connectivity index (χ3n) is 4.18. The molecule has 0 amide bonds. The fourth-order valence-electron chi connectivity index (χ4n) is 2.83. The number of methoxy groups -OCH3 is 1. The van der Waals surface area contributed by atoms with Crippen molar-refractivity contribution in [1.29, 1.82) is 0 Å². The van der Waals surface area contributed by atoms with E-state index in [1.807, 2.05) is 48.5 Å². The molecule has 3 rings (SSSR count). The van der Waals surface area contributed by atoms with Crippen molar-refractivity contribution in [3.63, 3.8) is 0 Å². The van der Waals surface area contributed by atoms with Crippen LogP contribution in [0.3, 0.4) is 0 Å². The third-order valence-corrected chi connectivity index (χ3v) is 4.18. The maximum atomic E-state index is 5.61. The van der Waals surface area contributed by atoms with Crippen molar-refractivity contribution in [3.8, 4) is 22.8 Å². The molecule has 30 heavy (non-hydrogen) atoms. The highest BCUT2D eigenvalue weighted by atomic mass is 16.5. The summed E-state index contributed by atoms with van der Waals surface area (Å²) in [5.74, 6) is 2.02. The lowest BCUT2D eigenvalue weighted by Crippen LogP contribution is -2.01. The summed E-state index contributed by atoms with van der Waals surface area (Å²) >= 11 is 0. The minimum Gasteiger partial charge on any atom is -0.496 e. The molecule has 0 aliphatic carbocycles. The van der Waals surface area contributed by atoms with Crippen LogP contribution in [0.2, 0.25) is 0 Å². The average Bonchev–Trinajstić information content (AvgIpc) is 2.78. The quantitative estimate of drug-likeness (QED) is 0.352. The fourth-order valence-corrected chi connectivity index (χ4v) is 2.83. The molecule has 6 nitrogen and oxygen atoms in total. The first-order valence-corrected chi connectivity index (χ1v) is 9.53. The molecule has 6 heteroatoms. The molecule has 1 heterocycles. The molecule has 0 unspecified atom stereocenters. The van der Waals surface area contributed by atoms with Gasteiger partial charge in [-0.3, -0.25) is 0 Å². The maximum Gasteiger partial charge on any atom is 0.227 e. The van der Waals surface area contributed by atoms with E-state index in [-0.39, 0.29) is 0 Å². The van der Waals surface area contributed by atoms with Crippen LogP contribution >= 0.6 is 0 Å². The molecule has 0 saturated heterocycles. The van der Waals surface area contributed by atoms with Gasteiger partial charge in [0.1, 0.15) is 18.1 Å². The predicted octanol–water partition coefficient (Wildman–Crippen LogP) is 5.16. The minimum atomic E-state index is 0.420. The summed E-state index contributed by atoms with van der Waals surface area (Å²) < 4.78 is 16.6. The van der Waals surface area contributed by atoms with E-state index in [1.54, 1.807) is 25.5 Å². The van der Waals surface area contributed by atoms with Gasteiger partial charge in [0.05, 0.1) is 26.0 Å². The second-order valence-corrected chi connectivity index (χ2v) is 6.35. The number of nitrogens with zero attached hydrogens (tertiary/aromatic N) is 2. The van der Waals surface area contributed by atoms with Crippen LogP contribution in [0.15, 0.2) is 80.0 Å². The van der Waals surface area contributed by atoms with Gasteiger partial charge in [0.2, 0.25) is 5.95 Å². The number of hydrogen-bond donors (Lipinski definition) is 1. The van der Waals surface area contributed by atoms with Crippen LogP contribution in [0.5, 0.6) is 11.5 Å². The van der Waals surface area contributed by atoms with Crippen LogP contribution in [-0.4, -0.2) is 30.3 Å². The number of hydrogen-bond acceptors (Lipinski definition) is 6. The molecule has 0 saturated carbocycles. The van der Waals surface area contributed by atoms with Gasteiger partial charge in [-0.2, -0.15) is 0 Å². The Bertz CT molecular complexity index is 1000. The maximum absolute atomic E-state index is 5.61. The molecule has 154 valence electrons. The van der Waals surface area contributed by atoms with Crippen molar-refractivity contribution in [2.24, 2.45) is 0 Å². The highest BCUT2D eigenvalue weighted by molar-refractivity contribution is 5.64. The molecule has 0 aliphatic rings. The van der Waals surface area contributed by atoms with E-state index >= 15 is 0 Å². The highest BCUT2D eigenvalue weighted by Gasteiger charge is 2.08. The van der Waals surface area contributed by atoms with E-state index in [4.69, 9.17) is 14.2 Å². The Morgan fingerprint density at radius 2 is 1.90 bits per heavy atom. The van der Waals surface area contributed by atoms with Gasteiger partial charge < -0.3 is 19.5 Å². The Balaban J connectivity index is 1.79. The SMILES string of the molecule is C=CCOCc1cc(Nc2nccc(-c3cccc(OCC=C)c3)n2)ccc1OC. The van der Waals surface area contributed by atoms with Gasteiger partial charge in [0, 0.05) is 23.0 Å². The summed E-state index contributed by atoms with van der Waals surface area (Å²) in [6.45, 7) is 8.68. The van der Waals surface area contributed by atoms with Gasteiger partial charge in [0.15, 0.2) is 0 Å². The van der Waals surface area contributed by atoms with Gasteiger partial charge >= 0.3 is 0 Å². The van der Waals surface area contributed by atoms with E-state index in [9.17, 15) is 0 Å². The Hall–Kier alpha value is -3.64. The number of nitrogens with one attached hydrogen (secondary N) is 1. The largest absolute Gasteiger partial charge is 0.496 e. The average molecular weight is 403 g/mol. The fraction of sp³-hybridized carbons (Fsp3) is 0.167. The first kappa shape index (κ1) is 21.1. The van der Waals surface area contributed by atoms with Gasteiger partial charge in [-0.1, -0.05) is 30.9 Å². The van der Waals surface area contributed by atoms with Crippen molar-refractivity contribution in [3.05, 3.63) is 85.6 Å². The zero-order valence-electron chi connectivity index (χ0n) is 17.0. The van der Waals surface area contributed by atoms with Crippen LogP contribution in [0, 0.1) is 0 Å². The summed E-state index contributed by atoms with van der Waals surface area (Å²) in [4.78, 5) is 8.97.